The fourth-order valence-corrected chi connectivity index (χ4v) is 4.07. The van der Waals surface area contributed by atoms with E-state index in [0.29, 0.717) is 5.75 Å². The first-order valence-electron chi connectivity index (χ1n) is 9.60. The molecule has 4 nitrogen and oxygen atoms in total. The average molecular weight is 387 g/mol. The van der Waals surface area contributed by atoms with E-state index in [-0.39, 0.29) is 12.0 Å². The van der Waals surface area contributed by atoms with Gasteiger partial charge in [0, 0.05) is 18.9 Å². The van der Waals surface area contributed by atoms with Crippen LogP contribution in [0, 0.1) is 0 Å². The van der Waals surface area contributed by atoms with Crippen molar-refractivity contribution in [1.29, 1.82) is 0 Å². The number of esters is 1. The van der Waals surface area contributed by atoms with Crippen molar-refractivity contribution in [3.8, 4) is 5.75 Å². The van der Waals surface area contributed by atoms with Crippen molar-refractivity contribution < 1.29 is 14.3 Å². The first-order chi connectivity index (χ1) is 14.0. The van der Waals surface area contributed by atoms with Gasteiger partial charge in [0.1, 0.15) is 12.0 Å². The third-order valence-electron chi connectivity index (χ3n) is 5.19. The number of carbonyl (C=O) groups excluding carboxylic acids is 2. The van der Waals surface area contributed by atoms with Crippen molar-refractivity contribution in [2.45, 2.75) is 31.2 Å². The zero-order valence-electron chi connectivity index (χ0n) is 16.6. The highest BCUT2D eigenvalue weighted by atomic mass is 16.5. The molecular formula is C25H25NO3. The molecule has 0 radical (unpaired) electrons. The molecule has 0 heterocycles. The predicted octanol–water partition coefficient (Wildman–Crippen LogP) is 4.23. The summed E-state index contributed by atoms with van der Waals surface area (Å²) in [6.07, 6.45) is 0.968. The van der Waals surface area contributed by atoms with Gasteiger partial charge < -0.3 is 15.3 Å². The van der Waals surface area contributed by atoms with Crippen molar-refractivity contribution in [2.24, 2.45) is 5.73 Å². The Morgan fingerprint density at radius 3 is 2.07 bits per heavy atom. The highest BCUT2D eigenvalue weighted by molar-refractivity contribution is 5.78. The molecule has 148 valence electrons. The third-order valence-corrected chi connectivity index (χ3v) is 5.19. The Kier molecular flexibility index (Phi) is 6.25. The second-order valence-electron chi connectivity index (χ2n) is 7.22. The molecule has 4 heteroatoms. The number of nitrogens with two attached hydrogens (primary N) is 1. The van der Waals surface area contributed by atoms with Gasteiger partial charge in [0.2, 0.25) is 0 Å². The van der Waals surface area contributed by atoms with E-state index in [9.17, 15) is 9.59 Å². The van der Waals surface area contributed by atoms with E-state index < -0.39 is 11.4 Å². The molecule has 3 unspecified atom stereocenters. The minimum Gasteiger partial charge on any atom is -0.427 e. The summed E-state index contributed by atoms with van der Waals surface area (Å²) in [6, 6.07) is 26.2. The van der Waals surface area contributed by atoms with Gasteiger partial charge in [-0.1, -0.05) is 72.8 Å². The lowest BCUT2D eigenvalue weighted by Gasteiger charge is -2.40. The minimum absolute atomic E-state index is 0.319. The van der Waals surface area contributed by atoms with E-state index in [1.807, 2.05) is 73.7 Å². The van der Waals surface area contributed by atoms with Crippen LogP contribution in [-0.4, -0.2) is 18.3 Å². The van der Waals surface area contributed by atoms with Crippen molar-refractivity contribution in [3.63, 3.8) is 0 Å². The van der Waals surface area contributed by atoms with Gasteiger partial charge >= 0.3 is 5.97 Å². The molecule has 0 bridgehead atoms. The molecule has 3 atom stereocenters. The van der Waals surface area contributed by atoms with Gasteiger partial charge in [-0.15, -0.1) is 0 Å². The summed E-state index contributed by atoms with van der Waals surface area (Å²) in [7, 11) is 0. The van der Waals surface area contributed by atoms with E-state index in [1.54, 1.807) is 18.2 Å². The quantitative estimate of drug-likeness (QED) is 0.374. The zero-order chi connectivity index (χ0) is 20.9. The van der Waals surface area contributed by atoms with Crippen molar-refractivity contribution >= 4 is 12.3 Å². The normalized spacial score (nSPS) is 15.0. The number of rotatable bonds is 7. The Morgan fingerprint density at radius 2 is 1.52 bits per heavy atom. The Bertz CT molecular complexity index is 970. The summed E-state index contributed by atoms with van der Waals surface area (Å²) in [5.74, 6) is -0.338. The van der Waals surface area contributed by atoms with E-state index in [1.165, 1.54) is 6.92 Å². The maximum absolute atomic E-state index is 12.9. The monoisotopic (exact) mass is 387 g/mol. The van der Waals surface area contributed by atoms with Crippen LogP contribution < -0.4 is 10.5 Å². The number of hydrogen-bond donors (Lipinski definition) is 1. The SMILES string of the molecule is CC(=O)Oc1cccc(C(C=O)(c2ccccc2)C(c2ccccc2)C(C)N)c1. The minimum atomic E-state index is -1.05. The van der Waals surface area contributed by atoms with Crippen LogP contribution in [0.25, 0.3) is 0 Å². The molecule has 3 aromatic rings. The van der Waals surface area contributed by atoms with Gasteiger partial charge in [-0.25, -0.2) is 0 Å². The van der Waals surface area contributed by atoms with Crippen molar-refractivity contribution in [2.75, 3.05) is 0 Å². The van der Waals surface area contributed by atoms with E-state index >= 15 is 0 Å². The van der Waals surface area contributed by atoms with Crippen LogP contribution in [0.5, 0.6) is 5.75 Å². The van der Waals surface area contributed by atoms with Crippen LogP contribution in [-0.2, 0) is 15.0 Å². The first kappa shape index (κ1) is 20.5. The van der Waals surface area contributed by atoms with Crippen LogP contribution in [0.15, 0.2) is 84.9 Å². The Balaban J connectivity index is 2.30. The zero-order valence-corrected chi connectivity index (χ0v) is 16.6. The van der Waals surface area contributed by atoms with Crippen molar-refractivity contribution in [1.82, 2.24) is 0 Å². The Labute approximate surface area is 171 Å². The third kappa shape index (κ3) is 4.13. The molecule has 0 aliphatic heterocycles. The maximum Gasteiger partial charge on any atom is 0.308 e. The van der Waals surface area contributed by atoms with Gasteiger partial charge in [0.15, 0.2) is 0 Å². The molecule has 0 saturated heterocycles. The lowest BCUT2D eigenvalue weighted by molar-refractivity contribution is -0.131. The Hall–Kier alpha value is -3.24. The van der Waals surface area contributed by atoms with Crippen LogP contribution in [0.2, 0.25) is 0 Å². The molecule has 0 saturated carbocycles. The fourth-order valence-electron chi connectivity index (χ4n) is 4.07. The molecule has 0 fully saturated rings. The first-order valence-corrected chi connectivity index (χ1v) is 9.60. The fraction of sp³-hybridized carbons (Fsp3) is 0.200. The molecule has 0 spiro atoms. The molecule has 0 aromatic heterocycles. The predicted molar refractivity (Wildman–Crippen MR) is 114 cm³/mol. The lowest BCUT2D eigenvalue weighted by atomic mass is 9.62. The number of ether oxygens (including phenoxy) is 1. The van der Waals surface area contributed by atoms with Gasteiger partial charge in [-0.2, -0.15) is 0 Å². The summed E-state index contributed by atoms with van der Waals surface area (Å²) in [5.41, 5.74) is 7.96. The lowest BCUT2D eigenvalue weighted by Crippen LogP contribution is -2.44. The summed E-state index contributed by atoms with van der Waals surface area (Å²) in [6.45, 7) is 3.26. The molecule has 0 amide bonds. The summed E-state index contributed by atoms with van der Waals surface area (Å²) < 4.78 is 5.29. The highest BCUT2D eigenvalue weighted by Gasteiger charge is 2.45. The second kappa shape index (κ2) is 8.84. The molecule has 2 N–H and O–H groups in total. The van der Waals surface area contributed by atoms with Gasteiger partial charge in [0.25, 0.3) is 0 Å². The van der Waals surface area contributed by atoms with Crippen molar-refractivity contribution in [3.05, 3.63) is 102 Å². The Morgan fingerprint density at radius 1 is 0.931 bits per heavy atom. The summed E-state index contributed by atoms with van der Waals surface area (Å²) in [5, 5.41) is 0. The van der Waals surface area contributed by atoms with Crippen LogP contribution in [0.4, 0.5) is 0 Å². The highest BCUT2D eigenvalue weighted by Crippen LogP contribution is 2.45. The molecule has 3 rings (SSSR count). The molecule has 0 aliphatic carbocycles. The average Bonchev–Trinajstić information content (AvgIpc) is 2.72. The number of benzene rings is 3. The second-order valence-corrected chi connectivity index (χ2v) is 7.22. The topological polar surface area (TPSA) is 69.4 Å². The number of hydrogen-bond acceptors (Lipinski definition) is 4. The van der Waals surface area contributed by atoms with Gasteiger partial charge in [-0.3, -0.25) is 4.79 Å². The van der Waals surface area contributed by atoms with E-state index in [0.717, 1.165) is 23.0 Å². The largest absolute Gasteiger partial charge is 0.427 e. The molecule has 0 aliphatic rings. The standard InChI is InChI=1S/C25H25NO3/c1-18(26)24(20-10-5-3-6-11-20)25(17-27,21-12-7-4-8-13-21)22-14-9-15-23(16-22)29-19(2)28/h3-18,24H,26H2,1-2H3. The smallest absolute Gasteiger partial charge is 0.308 e. The maximum atomic E-state index is 12.9. The van der Waals surface area contributed by atoms with Gasteiger partial charge in [0.05, 0.1) is 5.41 Å². The van der Waals surface area contributed by atoms with Crippen LogP contribution in [0.1, 0.15) is 36.5 Å². The summed E-state index contributed by atoms with van der Waals surface area (Å²) >= 11 is 0. The molecular weight excluding hydrogens is 362 g/mol. The number of carbonyl (C=O) groups is 2. The molecule has 29 heavy (non-hydrogen) atoms. The van der Waals surface area contributed by atoms with Crippen LogP contribution >= 0.6 is 0 Å². The van der Waals surface area contributed by atoms with E-state index in [4.69, 9.17) is 10.5 Å². The van der Waals surface area contributed by atoms with E-state index in [2.05, 4.69) is 0 Å². The van der Waals surface area contributed by atoms with Gasteiger partial charge in [-0.05, 0) is 35.7 Å². The molecule has 3 aromatic carbocycles. The number of aldehydes is 1. The van der Waals surface area contributed by atoms with Crippen LogP contribution in [0.3, 0.4) is 0 Å². The summed E-state index contributed by atoms with van der Waals surface area (Å²) in [4.78, 5) is 24.4.